The van der Waals surface area contributed by atoms with Gasteiger partial charge in [-0.2, -0.15) is 4.37 Å². The Morgan fingerprint density at radius 1 is 1.05 bits per heavy atom. The molecule has 1 aromatic heterocycles. The highest BCUT2D eigenvalue weighted by Crippen LogP contribution is 2.34. The standard InChI is InChI=1S/C27H33N5O4S/c1-6-16-8-12-18(13-9-16)32(26(35)23-20(28)21(24(29)33)31-37-23)22(25(34)30-27(3,4)5)17-10-14-19(15-11-17)36-7-2/h8-15,22H,6-7,28H2,1-5H3,(H2,29,33)(H,30,34). The minimum absolute atomic E-state index is 0.0212. The van der Waals surface area contributed by atoms with Crippen LogP contribution in [0.5, 0.6) is 5.75 Å². The maximum absolute atomic E-state index is 14.1. The van der Waals surface area contributed by atoms with Gasteiger partial charge < -0.3 is 21.5 Å². The number of carbonyl (C=O) groups excluding carboxylic acids is 3. The largest absolute Gasteiger partial charge is 0.494 e. The van der Waals surface area contributed by atoms with E-state index in [1.807, 2.05) is 46.8 Å². The van der Waals surface area contributed by atoms with Gasteiger partial charge in [-0.1, -0.05) is 31.2 Å². The van der Waals surface area contributed by atoms with E-state index in [0.717, 1.165) is 23.5 Å². The summed E-state index contributed by atoms with van der Waals surface area (Å²) in [6, 6.07) is 13.3. The molecule has 0 aliphatic heterocycles. The Morgan fingerprint density at radius 3 is 2.16 bits per heavy atom. The maximum atomic E-state index is 14.1. The van der Waals surface area contributed by atoms with Crippen LogP contribution in [0.3, 0.4) is 0 Å². The number of rotatable bonds is 9. The zero-order chi connectivity index (χ0) is 27.3. The number of nitrogens with two attached hydrogens (primary N) is 2. The van der Waals surface area contributed by atoms with Crippen molar-refractivity contribution in [1.82, 2.24) is 9.69 Å². The summed E-state index contributed by atoms with van der Waals surface area (Å²) in [7, 11) is 0. The first-order chi connectivity index (χ1) is 17.5. The van der Waals surface area contributed by atoms with Crippen LogP contribution < -0.4 is 26.4 Å². The quantitative estimate of drug-likeness (QED) is 0.386. The number of nitrogens with zero attached hydrogens (tertiary/aromatic N) is 2. The highest BCUT2D eigenvalue weighted by Gasteiger charge is 2.37. The molecule has 0 saturated heterocycles. The van der Waals surface area contributed by atoms with E-state index in [2.05, 4.69) is 9.69 Å². The minimum atomic E-state index is -1.06. The maximum Gasteiger partial charge on any atom is 0.273 e. The van der Waals surface area contributed by atoms with Crippen molar-refractivity contribution in [2.75, 3.05) is 17.2 Å². The SMILES string of the molecule is CCOc1ccc(C(C(=O)NC(C)(C)C)N(C(=O)c2snc(C(N)=O)c2N)c2ccc(CC)cc2)cc1. The second-order valence-corrected chi connectivity index (χ2v) is 10.3. The molecule has 0 radical (unpaired) electrons. The third kappa shape index (κ3) is 6.45. The molecule has 0 fully saturated rings. The summed E-state index contributed by atoms with van der Waals surface area (Å²) in [5.74, 6) is -1.15. The summed E-state index contributed by atoms with van der Waals surface area (Å²) < 4.78 is 9.55. The van der Waals surface area contributed by atoms with Gasteiger partial charge in [-0.15, -0.1) is 0 Å². The van der Waals surface area contributed by atoms with Crippen LogP contribution in [-0.2, 0) is 11.2 Å². The monoisotopic (exact) mass is 523 g/mol. The average molecular weight is 524 g/mol. The van der Waals surface area contributed by atoms with E-state index in [1.165, 1.54) is 4.90 Å². The molecular weight excluding hydrogens is 490 g/mol. The second-order valence-electron chi connectivity index (χ2n) is 9.48. The summed E-state index contributed by atoms with van der Waals surface area (Å²) in [6.07, 6.45) is 0.810. The molecule has 0 spiro atoms. The number of benzene rings is 2. The lowest BCUT2D eigenvalue weighted by Gasteiger charge is -2.33. The van der Waals surface area contributed by atoms with Gasteiger partial charge in [0.05, 0.1) is 12.3 Å². The van der Waals surface area contributed by atoms with Gasteiger partial charge in [-0.25, -0.2) is 0 Å². The Bertz CT molecular complexity index is 1260. The van der Waals surface area contributed by atoms with Crippen LogP contribution >= 0.6 is 11.5 Å². The van der Waals surface area contributed by atoms with Gasteiger partial charge in [0.15, 0.2) is 5.69 Å². The zero-order valence-corrected chi connectivity index (χ0v) is 22.5. The lowest BCUT2D eigenvalue weighted by Crippen LogP contribution is -2.49. The number of anilines is 2. The number of aromatic nitrogens is 1. The van der Waals surface area contributed by atoms with E-state index in [9.17, 15) is 14.4 Å². The predicted molar refractivity (Wildman–Crippen MR) is 146 cm³/mol. The Labute approximate surface area is 221 Å². The molecule has 196 valence electrons. The fourth-order valence-electron chi connectivity index (χ4n) is 3.78. The van der Waals surface area contributed by atoms with Crippen LogP contribution in [0.4, 0.5) is 11.4 Å². The third-order valence-electron chi connectivity index (χ3n) is 5.51. The van der Waals surface area contributed by atoms with Crippen molar-refractivity contribution in [3.05, 3.63) is 70.2 Å². The van der Waals surface area contributed by atoms with Gasteiger partial charge >= 0.3 is 0 Å². The minimum Gasteiger partial charge on any atom is -0.494 e. The first-order valence-corrected chi connectivity index (χ1v) is 12.8. The third-order valence-corrected chi connectivity index (χ3v) is 6.36. The predicted octanol–water partition coefficient (Wildman–Crippen LogP) is 4.09. The van der Waals surface area contributed by atoms with Crippen LogP contribution in [0.25, 0.3) is 0 Å². The van der Waals surface area contributed by atoms with E-state index in [0.29, 0.717) is 23.6 Å². The molecule has 37 heavy (non-hydrogen) atoms. The van der Waals surface area contributed by atoms with E-state index < -0.39 is 23.4 Å². The molecule has 5 N–H and O–H groups in total. The van der Waals surface area contributed by atoms with Crippen molar-refractivity contribution in [3.8, 4) is 5.75 Å². The highest BCUT2D eigenvalue weighted by molar-refractivity contribution is 7.09. The summed E-state index contributed by atoms with van der Waals surface area (Å²) in [5.41, 5.74) is 12.8. The van der Waals surface area contributed by atoms with Gasteiger partial charge in [0.2, 0.25) is 5.91 Å². The van der Waals surface area contributed by atoms with Crippen molar-refractivity contribution in [2.45, 2.75) is 52.6 Å². The van der Waals surface area contributed by atoms with Crippen LogP contribution in [0.15, 0.2) is 48.5 Å². The fourth-order valence-corrected chi connectivity index (χ4v) is 4.53. The average Bonchev–Trinajstić information content (AvgIpc) is 3.23. The molecule has 1 heterocycles. The summed E-state index contributed by atoms with van der Waals surface area (Å²) in [5, 5.41) is 2.99. The van der Waals surface area contributed by atoms with Gasteiger partial charge in [0.1, 0.15) is 16.7 Å². The number of hydrogen-bond acceptors (Lipinski definition) is 7. The second kappa shape index (κ2) is 11.4. The summed E-state index contributed by atoms with van der Waals surface area (Å²) >= 11 is 0.771. The van der Waals surface area contributed by atoms with E-state index in [4.69, 9.17) is 16.2 Å². The van der Waals surface area contributed by atoms with Crippen LogP contribution in [-0.4, -0.2) is 34.2 Å². The first-order valence-electron chi connectivity index (χ1n) is 12.0. The van der Waals surface area contributed by atoms with Crippen molar-refractivity contribution >= 4 is 40.6 Å². The van der Waals surface area contributed by atoms with Crippen molar-refractivity contribution < 1.29 is 19.1 Å². The Kier molecular flexibility index (Phi) is 8.54. The number of nitrogens with one attached hydrogen (secondary N) is 1. The molecule has 3 amide bonds. The number of carbonyl (C=O) groups is 3. The molecule has 2 aromatic carbocycles. The molecule has 10 heteroatoms. The molecule has 3 aromatic rings. The summed E-state index contributed by atoms with van der Waals surface area (Å²) in [4.78, 5) is 41.0. The Hall–Kier alpha value is -3.92. The van der Waals surface area contributed by atoms with Crippen molar-refractivity contribution in [1.29, 1.82) is 0 Å². The van der Waals surface area contributed by atoms with E-state index in [-0.39, 0.29) is 22.2 Å². The fraction of sp³-hybridized carbons (Fsp3) is 0.333. The lowest BCUT2D eigenvalue weighted by molar-refractivity contribution is -0.123. The lowest BCUT2D eigenvalue weighted by atomic mass is 10.00. The Balaban J connectivity index is 2.21. The van der Waals surface area contributed by atoms with E-state index >= 15 is 0 Å². The van der Waals surface area contributed by atoms with Gasteiger partial charge in [0, 0.05) is 11.2 Å². The Morgan fingerprint density at radius 2 is 1.68 bits per heavy atom. The molecule has 0 aliphatic carbocycles. The molecule has 0 aliphatic rings. The van der Waals surface area contributed by atoms with Gasteiger partial charge in [-0.05, 0) is 81.0 Å². The number of hydrogen-bond donors (Lipinski definition) is 3. The topological polar surface area (TPSA) is 141 Å². The molecule has 1 atom stereocenters. The normalized spacial score (nSPS) is 12.0. The van der Waals surface area contributed by atoms with Crippen molar-refractivity contribution in [2.24, 2.45) is 5.73 Å². The highest BCUT2D eigenvalue weighted by atomic mass is 32.1. The van der Waals surface area contributed by atoms with E-state index in [1.54, 1.807) is 36.4 Å². The van der Waals surface area contributed by atoms with Gasteiger partial charge in [-0.3, -0.25) is 19.3 Å². The van der Waals surface area contributed by atoms with Gasteiger partial charge in [0.25, 0.3) is 11.8 Å². The first kappa shape index (κ1) is 27.7. The van der Waals surface area contributed by atoms with Crippen LogP contribution in [0.1, 0.15) is 71.9 Å². The van der Waals surface area contributed by atoms with Crippen LogP contribution in [0.2, 0.25) is 0 Å². The van der Waals surface area contributed by atoms with Crippen molar-refractivity contribution in [3.63, 3.8) is 0 Å². The number of aryl methyl sites for hydroxylation is 1. The number of primary amides is 1. The number of nitrogen functional groups attached to an aromatic ring is 1. The molecule has 1 unspecified atom stereocenters. The molecule has 0 saturated carbocycles. The molecule has 3 rings (SSSR count). The molecular formula is C27H33N5O4S. The zero-order valence-electron chi connectivity index (χ0n) is 21.7. The summed E-state index contributed by atoms with van der Waals surface area (Å²) in [6.45, 7) is 10.00. The number of amides is 3. The number of ether oxygens (including phenoxy) is 1. The molecule has 9 nitrogen and oxygen atoms in total. The molecule has 0 bridgehead atoms. The smallest absolute Gasteiger partial charge is 0.273 e. The van der Waals surface area contributed by atoms with Crippen LogP contribution in [0, 0.1) is 0 Å².